The first kappa shape index (κ1) is 18.9. The summed E-state index contributed by atoms with van der Waals surface area (Å²) in [6, 6.07) is 13.5. The highest BCUT2D eigenvalue weighted by Crippen LogP contribution is 2.30. The summed E-state index contributed by atoms with van der Waals surface area (Å²) in [5.41, 5.74) is 2.96. The lowest BCUT2D eigenvalue weighted by Gasteiger charge is -2.19. The zero-order valence-corrected chi connectivity index (χ0v) is 16.5. The molecule has 2 aromatic carbocycles. The molecular weight excluding hydrogens is 362 g/mol. The highest BCUT2D eigenvalue weighted by Gasteiger charge is 2.13. The second kappa shape index (κ2) is 7.80. The van der Waals surface area contributed by atoms with E-state index in [2.05, 4.69) is 58.7 Å². The van der Waals surface area contributed by atoms with Gasteiger partial charge < -0.3 is 15.4 Å². The first-order valence-electron chi connectivity index (χ1n) is 8.53. The average molecular weight is 384 g/mol. The van der Waals surface area contributed by atoms with Crippen LogP contribution < -0.4 is 15.4 Å². The van der Waals surface area contributed by atoms with Crippen LogP contribution in [-0.2, 0) is 5.41 Å². The Hall–Kier alpha value is -2.86. The number of methoxy groups -OCH3 is 1. The first-order valence-corrected chi connectivity index (χ1v) is 8.91. The first-order chi connectivity index (χ1) is 12.8. The van der Waals surface area contributed by atoms with Crippen LogP contribution in [0, 0.1) is 0 Å². The minimum atomic E-state index is 0.108. The van der Waals surface area contributed by atoms with Gasteiger partial charge in [0.2, 0.25) is 5.95 Å². The van der Waals surface area contributed by atoms with Crippen molar-refractivity contribution in [3.8, 4) is 5.75 Å². The zero-order chi connectivity index (χ0) is 19.4. The highest BCUT2D eigenvalue weighted by molar-refractivity contribution is 6.31. The quantitative estimate of drug-likeness (QED) is 0.621. The average Bonchev–Trinajstić information content (AvgIpc) is 2.62. The zero-order valence-electron chi connectivity index (χ0n) is 15.7. The predicted molar refractivity (Wildman–Crippen MR) is 110 cm³/mol. The lowest BCUT2D eigenvalue weighted by Crippen LogP contribution is -2.10. The van der Waals surface area contributed by atoms with Crippen LogP contribution in [-0.4, -0.2) is 22.3 Å². The van der Waals surface area contributed by atoms with E-state index in [1.54, 1.807) is 25.3 Å². The number of nitrogens with zero attached hydrogens (tertiary/aromatic N) is 3. The van der Waals surface area contributed by atoms with Gasteiger partial charge in [0.05, 0.1) is 19.0 Å². The van der Waals surface area contributed by atoms with E-state index in [1.807, 2.05) is 12.1 Å². The second-order valence-electron chi connectivity index (χ2n) is 7.09. The fourth-order valence-electron chi connectivity index (χ4n) is 2.52. The van der Waals surface area contributed by atoms with Gasteiger partial charge in [-0.05, 0) is 41.3 Å². The molecule has 0 radical (unpaired) electrons. The van der Waals surface area contributed by atoms with E-state index in [0.29, 0.717) is 28.2 Å². The molecule has 0 unspecified atom stereocenters. The lowest BCUT2D eigenvalue weighted by atomic mass is 9.87. The molecule has 0 spiro atoms. The summed E-state index contributed by atoms with van der Waals surface area (Å²) in [4.78, 5) is 4.45. The summed E-state index contributed by atoms with van der Waals surface area (Å²) in [5.74, 6) is 1.58. The molecule has 0 aliphatic heterocycles. The molecular formula is C20H22ClN5O. The summed E-state index contributed by atoms with van der Waals surface area (Å²) in [5, 5.41) is 15.0. The molecule has 0 bridgehead atoms. The molecule has 2 N–H and O–H groups in total. The number of hydrogen-bond acceptors (Lipinski definition) is 6. The molecule has 0 aliphatic rings. The Labute approximate surface area is 164 Å². The third kappa shape index (κ3) is 4.86. The highest BCUT2D eigenvalue weighted by atomic mass is 35.5. The maximum absolute atomic E-state index is 6.07. The van der Waals surface area contributed by atoms with Crippen LogP contribution in [0.1, 0.15) is 26.3 Å². The molecule has 1 aromatic heterocycles. The van der Waals surface area contributed by atoms with Crippen molar-refractivity contribution in [1.82, 2.24) is 15.2 Å². The van der Waals surface area contributed by atoms with Crippen molar-refractivity contribution in [3.63, 3.8) is 0 Å². The number of nitrogens with one attached hydrogen (secondary N) is 2. The predicted octanol–water partition coefficient (Wildman–Crippen LogP) is 5.32. The molecule has 3 rings (SSSR count). The lowest BCUT2D eigenvalue weighted by molar-refractivity contribution is 0.417. The van der Waals surface area contributed by atoms with Crippen molar-refractivity contribution in [2.24, 2.45) is 0 Å². The Morgan fingerprint density at radius 1 is 1.00 bits per heavy atom. The van der Waals surface area contributed by atoms with Gasteiger partial charge in [-0.3, -0.25) is 0 Å². The Balaban J connectivity index is 1.77. The monoisotopic (exact) mass is 383 g/mol. The van der Waals surface area contributed by atoms with Gasteiger partial charge in [0.15, 0.2) is 5.82 Å². The van der Waals surface area contributed by atoms with Crippen molar-refractivity contribution in [1.29, 1.82) is 0 Å². The van der Waals surface area contributed by atoms with Gasteiger partial charge >= 0.3 is 0 Å². The van der Waals surface area contributed by atoms with Crippen molar-refractivity contribution in [2.75, 3.05) is 17.7 Å². The smallest absolute Gasteiger partial charge is 0.249 e. The van der Waals surface area contributed by atoms with E-state index in [1.165, 1.54) is 11.8 Å². The van der Waals surface area contributed by atoms with Crippen LogP contribution in [0.5, 0.6) is 5.75 Å². The Bertz CT molecular complexity index is 922. The molecule has 0 aliphatic carbocycles. The fraction of sp³-hybridized carbons (Fsp3) is 0.250. The van der Waals surface area contributed by atoms with E-state index < -0.39 is 0 Å². The Kier molecular flexibility index (Phi) is 5.46. The van der Waals surface area contributed by atoms with E-state index in [9.17, 15) is 0 Å². The summed E-state index contributed by atoms with van der Waals surface area (Å²) >= 11 is 6.07. The third-order valence-corrected chi connectivity index (χ3v) is 4.23. The molecule has 0 atom stereocenters. The number of aromatic nitrogens is 3. The van der Waals surface area contributed by atoms with Crippen molar-refractivity contribution in [2.45, 2.75) is 26.2 Å². The number of ether oxygens (including phenoxy) is 1. The van der Waals surface area contributed by atoms with E-state index in [4.69, 9.17) is 16.3 Å². The van der Waals surface area contributed by atoms with Gasteiger partial charge in [-0.25, -0.2) is 0 Å². The van der Waals surface area contributed by atoms with Crippen molar-refractivity contribution < 1.29 is 4.74 Å². The summed E-state index contributed by atoms with van der Waals surface area (Å²) < 4.78 is 5.34. The molecule has 6 nitrogen and oxygen atoms in total. The topological polar surface area (TPSA) is 72.0 Å². The van der Waals surface area contributed by atoms with Gasteiger partial charge in [-0.15, -0.1) is 5.10 Å². The standard InChI is InChI=1S/C20H22ClN5O/c1-20(2,3)13-5-8-15(9-6-13)23-19-25-18(12-22-26-19)24-16-11-14(21)7-10-17(16)27-4/h5-12H,1-4H3,(H2,23,24,25,26). The van der Waals surface area contributed by atoms with Gasteiger partial charge in [0, 0.05) is 10.7 Å². The summed E-state index contributed by atoms with van der Waals surface area (Å²) in [7, 11) is 1.60. The van der Waals surface area contributed by atoms with E-state index >= 15 is 0 Å². The molecule has 1 heterocycles. The van der Waals surface area contributed by atoms with Crippen molar-refractivity contribution in [3.05, 3.63) is 59.2 Å². The van der Waals surface area contributed by atoms with Gasteiger partial charge in [-0.1, -0.05) is 44.5 Å². The van der Waals surface area contributed by atoms with E-state index in [-0.39, 0.29) is 5.41 Å². The maximum atomic E-state index is 6.07. The molecule has 0 saturated carbocycles. The number of rotatable bonds is 5. The van der Waals surface area contributed by atoms with E-state index in [0.717, 1.165) is 5.69 Å². The maximum Gasteiger partial charge on any atom is 0.249 e. The summed E-state index contributed by atoms with van der Waals surface area (Å²) in [6.45, 7) is 6.55. The third-order valence-electron chi connectivity index (χ3n) is 3.99. The summed E-state index contributed by atoms with van der Waals surface area (Å²) in [6.07, 6.45) is 1.54. The molecule has 7 heteroatoms. The second-order valence-corrected chi connectivity index (χ2v) is 7.52. The fourth-order valence-corrected chi connectivity index (χ4v) is 2.69. The van der Waals surface area contributed by atoms with Gasteiger partial charge in [-0.2, -0.15) is 10.1 Å². The van der Waals surface area contributed by atoms with Crippen LogP contribution >= 0.6 is 11.6 Å². The minimum absolute atomic E-state index is 0.108. The molecule has 3 aromatic rings. The molecule has 0 amide bonds. The number of hydrogen-bond donors (Lipinski definition) is 2. The molecule has 0 fully saturated rings. The molecule has 27 heavy (non-hydrogen) atoms. The van der Waals surface area contributed by atoms with Gasteiger partial charge in [0.1, 0.15) is 5.75 Å². The van der Waals surface area contributed by atoms with Crippen LogP contribution in [0.3, 0.4) is 0 Å². The minimum Gasteiger partial charge on any atom is -0.495 e. The van der Waals surface area contributed by atoms with Crippen LogP contribution in [0.2, 0.25) is 5.02 Å². The van der Waals surface area contributed by atoms with Gasteiger partial charge in [0.25, 0.3) is 0 Å². The molecule has 140 valence electrons. The molecule has 0 saturated heterocycles. The Morgan fingerprint density at radius 2 is 1.74 bits per heavy atom. The van der Waals surface area contributed by atoms with Crippen molar-refractivity contribution >= 4 is 34.7 Å². The largest absolute Gasteiger partial charge is 0.495 e. The van der Waals surface area contributed by atoms with Crippen LogP contribution in [0.25, 0.3) is 0 Å². The Morgan fingerprint density at radius 3 is 2.41 bits per heavy atom. The van der Waals surface area contributed by atoms with Crippen LogP contribution in [0.4, 0.5) is 23.1 Å². The normalized spacial score (nSPS) is 11.1. The number of benzene rings is 2. The SMILES string of the molecule is COc1ccc(Cl)cc1Nc1cnnc(Nc2ccc(C(C)(C)C)cc2)n1. The number of anilines is 4. The number of halogens is 1. The van der Waals surface area contributed by atoms with Crippen LogP contribution in [0.15, 0.2) is 48.7 Å².